The first-order valence-electron chi connectivity index (χ1n) is 6.32. The van der Waals surface area contributed by atoms with Crippen LogP contribution in [0.1, 0.15) is 5.56 Å². The van der Waals surface area contributed by atoms with E-state index in [0.717, 1.165) is 0 Å². The molecule has 2 aromatic heterocycles. The van der Waals surface area contributed by atoms with Gasteiger partial charge in [-0.1, -0.05) is 0 Å². The van der Waals surface area contributed by atoms with Gasteiger partial charge in [0.2, 0.25) is 0 Å². The number of aliphatic hydroxyl groups excluding tert-OH is 2. The maximum absolute atomic E-state index is 10.2. The number of anilines is 1. The second kappa shape index (κ2) is 5.69. The van der Waals surface area contributed by atoms with Crippen molar-refractivity contribution in [1.29, 1.82) is 0 Å². The number of aromatic amines is 1. The minimum absolute atomic E-state index is 0.0487. The van der Waals surface area contributed by atoms with E-state index in [1.165, 1.54) is 19.6 Å². The van der Waals surface area contributed by atoms with Crippen LogP contribution in [-0.2, 0) is 4.84 Å². The Morgan fingerprint density at radius 1 is 1.45 bits per heavy atom. The molecule has 3 heterocycles. The van der Waals surface area contributed by atoms with Crippen LogP contribution in [-0.4, -0.2) is 61.2 Å². The summed E-state index contributed by atoms with van der Waals surface area (Å²) in [5.41, 5.74) is 4.59. The van der Waals surface area contributed by atoms with Crippen LogP contribution >= 0.6 is 0 Å². The van der Waals surface area contributed by atoms with E-state index in [2.05, 4.69) is 25.4 Å². The highest BCUT2D eigenvalue weighted by Gasteiger charge is 2.28. The first-order valence-corrected chi connectivity index (χ1v) is 6.32. The third-order valence-corrected chi connectivity index (χ3v) is 3.24. The average molecular weight is 306 g/mol. The van der Waals surface area contributed by atoms with Crippen LogP contribution in [0.15, 0.2) is 23.7 Å². The lowest BCUT2D eigenvalue weighted by Crippen LogP contribution is -2.41. The fourth-order valence-electron chi connectivity index (χ4n) is 2.20. The molecule has 0 radical (unpaired) electrons. The SMILES string of the molecule is CONc1ncnc2c(C3=CN=C(CO)N(O)C3O)c[nH]c12. The van der Waals surface area contributed by atoms with E-state index in [0.29, 0.717) is 33.1 Å². The fourth-order valence-corrected chi connectivity index (χ4v) is 2.20. The standard InChI is InChI=1S/C12H14N6O4/c1-22-17-11-10-9(15-5-16-11)6(2-14-10)7-3-13-8(4-19)18(21)12(7)20/h2-3,5,12,14,19-21H,4H2,1H3,(H,15,16,17). The number of hydroxylamine groups is 2. The Balaban J connectivity index is 2.09. The number of fused-ring (bicyclic) bond motifs is 1. The number of nitrogens with one attached hydrogen (secondary N) is 2. The number of aromatic nitrogens is 3. The number of hydrogen-bond donors (Lipinski definition) is 5. The Morgan fingerprint density at radius 3 is 3.00 bits per heavy atom. The number of aliphatic hydroxyl groups is 2. The van der Waals surface area contributed by atoms with Crippen molar-refractivity contribution < 1.29 is 20.3 Å². The molecule has 1 atom stereocenters. The Hall–Kier alpha value is -2.53. The smallest absolute Gasteiger partial charge is 0.180 e. The van der Waals surface area contributed by atoms with Crippen molar-refractivity contribution in [3.63, 3.8) is 0 Å². The summed E-state index contributed by atoms with van der Waals surface area (Å²) in [6.45, 7) is -0.491. The number of amidine groups is 1. The molecule has 0 fully saturated rings. The van der Waals surface area contributed by atoms with Crippen molar-refractivity contribution in [1.82, 2.24) is 20.0 Å². The van der Waals surface area contributed by atoms with E-state index < -0.39 is 12.8 Å². The molecule has 0 aromatic carbocycles. The zero-order chi connectivity index (χ0) is 15.7. The summed E-state index contributed by atoms with van der Waals surface area (Å²) in [7, 11) is 1.46. The molecule has 1 aliphatic heterocycles. The van der Waals surface area contributed by atoms with Gasteiger partial charge in [0.05, 0.1) is 7.11 Å². The van der Waals surface area contributed by atoms with Crippen LogP contribution in [0.5, 0.6) is 0 Å². The Morgan fingerprint density at radius 2 is 2.27 bits per heavy atom. The average Bonchev–Trinajstić information content (AvgIpc) is 2.95. The molecule has 2 aromatic rings. The van der Waals surface area contributed by atoms with Gasteiger partial charge in [-0.2, -0.15) is 0 Å². The maximum Gasteiger partial charge on any atom is 0.180 e. The van der Waals surface area contributed by atoms with Gasteiger partial charge < -0.3 is 15.2 Å². The summed E-state index contributed by atoms with van der Waals surface area (Å²) in [5.74, 6) is 0.387. The fraction of sp³-hybridized carbons (Fsp3) is 0.250. The monoisotopic (exact) mass is 306 g/mol. The van der Waals surface area contributed by atoms with Gasteiger partial charge in [-0.15, -0.1) is 0 Å². The van der Waals surface area contributed by atoms with Crippen LogP contribution in [0.2, 0.25) is 0 Å². The van der Waals surface area contributed by atoms with Crippen molar-refractivity contribution in [3.05, 3.63) is 24.3 Å². The van der Waals surface area contributed by atoms with Gasteiger partial charge in [0.1, 0.15) is 24.0 Å². The number of hydrogen-bond acceptors (Lipinski definition) is 9. The molecule has 22 heavy (non-hydrogen) atoms. The van der Waals surface area contributed by atoms with Gasteiger partial charge in [0, 0.05) is 23.5 Å². The van der Waals surface area contributed by atoms with Crippen LogP contribution in [0, 0.1) is 0 Å². The molecule has 0 spiro atoms. The second-order valence-electron chi connectivity index (χ2n) is 4.46. The quantitative estimate of drug-likeness (QED) is 0.485. The summed E-state index contributed by atoms with van der Waals surface area (Å²) >= 11 is 0. The normalized spacial score (nSPS) is 18.4. The molecule has 0 bridgehead atoms. The molecule has 116 valence electrons. The van der Waals surface area contributed by atoms with Crippen molar-refractivity contribution in [2.45, 2.75) is 6.23 Å². The maximum atomic E-state index is 10.2. The third-order valence-electron chi connectivity index (χ3n) is 3.24. The summed E-state index contributed by atoms with van der Waals surface area (Å²) < 4.78 is 0. The molecule has 0 aliphatic carbocycles. The number of rotatable bonds is 4. The van der Waals surface area contributed by atoms with Gasteiger partial charge in [0.15, 0.2) is 17.9 Å². The lowest BCUT2D eigenvalue weighted by molar-refractivity contribution is -0.114. The van der Waals surface area contributed by atoms with Gasteiger partial charge in [-0.05, 0) is 0 Å². The first kappa shape index (κ1) is 14.4. The molecule has 1 aliphatic rings. The summed E-state index contributed by atoms with van der Waals surface area (Å²) in [6, 6.07) is 0. The van der Waals surface area contributed by atoms with E-state index in [4.69, 9.17) is 9.94 Å². The molecule has 1 unspecified atom stereocenters. The summed E-state index contributed by atoms with van der Waals surface area (Å²) in [5, 5.41) is 29.5. The van der Waals surface area contributed by atoms with Crippen LogP contribution in [0.25, 0.3) is 16.6 Å². The van der Waals surface area contributed by atoms with Crippen LogP contribution in [0.3, 0.4) is 0 Å². The van der Waals surface area contributed by atoms with Gasteiger partial charge in [-0.25, -0.2) is 25.5 Å². The Bertz CT molecular complexity index is 755. The van der Waals surface area contributed by atoms with Gasteiger partial charge in [0.25, 0.3) is 0 Å². The topological polar surface area (TPSA) is 139 Å². The van der Waals surface area contributed by atoms with E-state index in [1.54, 1.807) is 6.20 Å². The molecule has 10 nitrogen and oxygen atoms in total. The highest BCUT2D eigenvalue weighted by atomic mass is 16.6. The minimum atomic E-state index is -1.37. The van der Waals surface area contributed by atoms with Crippen molar-refractivity contribution in [2.24, 2.45) is 4.99 Å². The summed E-state index contributed by atoms with van der Waals surface area (Å²) in [6.07, 6.45) is 2.96. The number of aliphatic imine (C=N–C) groups is 1. The van der Waals surface area contributed by atoms with E-state index in [1.807, 2.05) is 0 Å². The molecule has 0 saturated heterocycles. The van der Waals surface area contributed by atoms with Gasteiger partial charge in [-0.3, -0.25) is 10.0 Å². The number of H-pyrrole nitrogens is 1. The third kappa shape index (κ3) is 2.19. The lowest BCUT2D eigenvalue weighted by atomic mass is 10.1. The second-order valence-corrected chi connectivity index (χ2v) is 4.46. The minimum Gasteiger partial charge on any atom is -0.388 e. The zero-order valence-corrected chi connectivity index (χ0v) is 11.6. The molecular weight excluding hydrogens is 292 g/mol. The molecule has 3 rings (SSSR count). The van der Waals surface area contributed by atoms with E-state index in [9.17, 15) is 10.3 Å². The van der Waals surface area contributed by atoms with E-state index >= 15 is 0 Å². The molecule has 0 amide bonds. The largest absolute Gasteiger partial charge is 0.388 e. The lowest BCUT2D eigenvalue weighted by Gasteiger charge is -2.27. The van der Waals surface area contributed by atoms with Crippen molar-refractivity contribution >= 4 is 28.3 Å². The highest BCUT2D eigenvalue weighted by Crippen LogP contribution is 2.30. The van der Waals surface area contributed by atoms with E-state index in [-0.39, 0.29) is 5.84 Å². The highest BCUT2D eigenvalue weighted by molar-refractivity contribution is 5.97. The van der Waals surface area contributed by atoms with Crippen LogP contribution < -0.4 is 5.48 Å². The Kier molecular flexibility index (Phi) is 3.73. The molecule has 10 heteroatoms. The molecule has 5 N–H and O–H groups in total. The Labute approximate surface area is 124 Å². The predicted octanol–water partition coefficient (Wildman–Crippen LogP) is -0.314. The number of nitrogens with zero attached hydrogens (tertiary/aromatic N) is 4. The molecule has 0 saturated carbocycles. The zero-order valence-electron chi connectivity index (χ0n) is 11.6. The molecular formula is C12H14N6O4. The first-order chi connectivity index (χ1) is 10.7. The van der Waals surface area contributed by atoms with Crippen molar-refractivity contribution in [2.75, 3.05) is 19.2 Å². The van der Waals surface area contributed by atoms with Crippen LogP contribution in [0.4, 0.5) is 5.82 Å². The summed E-state index contributed by atoms with van der Waals surface area (Å²) in [4.78, 5) is 19.9. The van der Waals surface area contributed by atoms with Crippen molar-refractivity contribution in [3.8, 4) is 0 Å². The van der Waals surface area contributed by atoms with Gasteiger partial charge >= 0.3 is 0 Å². The predicted molar refractivity (Wildman–Crippen MR) is 76.7 cm³/mol.